The minimum Gasteiger partial charge on any atom is -0.455 e. The predicted octanol–water partition coefficient (Wildman–Crippen LogP) is 3.13. The third-order valence-corrected chi connectivity index (χ3v) is 4.23. The summed E-state index contributed by atoms with van der Waals surface area (Å²) in [7, 11) is 0. The van der Waals surface area contributed by atoms with Crippen LogP contribution < -0.4 is 10.6 Å². The summed E-state index contributed by atoms with van der Waals surface area (Å²) in [4.78, 5) is 35.1. The lowest BCUT2D eigenvalue weighted by atomic mass is 10.2. The number of carbonyl (C=O) groups is 3. The van der Waals surface area contributed by atoms with Gasteiger partial charge in [-0.3, -0.25) is 14.4 Å². The van der Waals surface area contributed by atoms with Crippen LogP contribution in [0.5, 0.6) is 0 Å². The second-order valence-corrected chi connectivity index (χ2v) is 6.73. The Hall–Kier alpha value is -2.94. The third kappa shape index (κ3) is 7.36. The number of nitrogens with one attached hydrogen (secondary N) is 2. The number of hydrogen-bond acceptors (Lipinski definition) is 5. The molecule has 9 heteroatoms. The SMILES string of the molecule is Cc1cccc(NC(=O)CSCC(=O)OCC(=O)Nc2ccc(F)c(F)c2)c1. The third-order valence-electron chi connectivity index (χ3n) is 3.32. The first-order chi connectivity index (χ1) is 13.3. The quantitative estimate of drug-likeness (QED) is 0.656. The van der Waals surface area contributed by atoms with E-state index in [4.69, 9.17) is 4.74 Å². The number of carbonyl (C=O) groups excluding carboxylic acids is 3. The molecule has 0 aliphatic carbocycles. The fourth-order valence-electron chi connectivity index (χ4n) is 2.11. The first kappa shape index (κ1) is 21.4. The van der Waals surface area contributed by atoms with Crippen molar-refractivity contribution < 1.29 is 27.9 Å². The van der Waals surface area contributed by atoms with Gasteiger partial charge in [-0.05, 0) is 36.8 Å². The van der Waals surface area contributed by atoms with Crippen molar-refractivity contribution in [3.8, 4) is 0 Å². The summed E-state index contributed by atoms with van der Waals surface area (Å²) in [6.45, 7) is 1.33. The number of benzene rings is 2. The Balaban J connectivity index is 1.64. The molecule has 2 rings (SSSR count). The molecule has 0 radical (unpaired) electrons. The van der Waals surface area contributed by atoms with Gasteiger partial charge in [-0.25, -0.2) is 8.78 Å². The maximum Gasteiger partial charge on any atom is 0.316 e. The van der Waals surface area contributed by atoms with Gasteiger partial charge in [0.25, 0.3) is 5.91 Å². The Morgan fingerprint density at radius 2 is 1.64 bits per heavy atom. The van der Waals surface area contributed by atoms with E-state index in [1.807, 2.05) is 25.1 Å². The minimum atomic E-state index is -1.10. The van der Waals surface area contributed by atoms with Crippen LogP contribution >= 0.6 is 11.8 Å². The number of thioether (sulfide) groups is 1. The Morgan fingerprint density at radius 3 is 2.36 bits per heavy atom. The second-order valence-electron chi connectivity index (χ2n) is 5.75. The summed E-state index contributed by atoms with van der Waals surface area (Å²) in [6.07, 6.45) is 0. The highest BCUT2D eigenvalue weighted by Crippen LogP contribution is 2.13. The number of halogens is 2. The molecule has 0 aliphatic rings. The normalized spacial score (nSPS) is 10.2. The molecule has 148 valence electrons. The molecular weight excluding hydrogens is 390 g/mol. The summed E-state index contributed by atoms with van der Waals surface area (Å²) >= 11 is 1.04. The number of anilines is 2. The molecule has 0 heterocycles. The number of hydrogen-bond donors (Lipinski definition) is 2. The van der Waals surface area contributed by atoms with E-state index in [0.29, 0.717) is 5.69 Å². The molecule has 0 unspecified atom stereocenters. The number of esters is 1. The van der Waals surface area contributed by atoms with Crippen LogP contribution in [0.4, 0.5) is 20.2 Å². The van der Waals surface area contributed by atoms with Crippen LogP contribution in [0.15, 0.2) is 42.5 Å². The molecule has 0 saturated heterocycles. The Labute approximate surface area is 164 Å². The van der Waals surface area contributed by atoms with Crippen LogP contribution in [0, 0.1) is 18.6 Å². The first-order valence-electron chi connectivity index (χ1n) is 8.18. The molecule has 2 N–H and O–H groups in total. The van der Waals surface area contributed by atoms with Gasteiger partial charge >= 0.3 is 5.97 Å². The van der Waals surface area contributed by atoms with Crippen LogP contribution in [0.2, 0.25) is 0 Å². The van der Waals surface area contributed by atoms with Crippen molar-refractivity contribution in [3.63, 3.8) is 0 Å². The summed E-state index contributed by atoms with van der Waals surface area (Å²) in [5, 5.41) is 4.99. The standard InChI is InChI=1S/C19H18F2N2O4S/c1-12-3-2-4-13(7-12)23-18(25)10-28-11-19(26)27-9-17(24)22-14-5-6-15(20)16(21)8-14/h2-8H,9-11H2,1H3,(H,22,24)(H,23,25). The van der Waals surface area contributed by atoms with Gasteiger partial charge in [-0.2, -0.15) is 0 Å². The summed E-state index contributed by atoms with van der Waals surface area (Å²) in [6, 6.07) is 10.2. The van der Waals surface area contributed by atoms with Crippen molar-refractivity contribution in [2.24, 2.45) is 0 Å². The maximum absolute atomic E-state index is 13.1. The smallest absolute Gasteiger partial charge is 0.316 e. The van der Waals surface area contributed by atoms with E-state index in [1.165, 1.54) is 6.07 Å². The fraction of sp³-hybridized carbons (Fsp3) is 0.211. The van der Waals surface area contributed by atoms with Crippen LogP contribution in [0.1, 0.15) is 5.56 Å². The van der Waals surface area contributed by atoms with E-state index in [-0.39, 0.29) is 23.1 Å². The monoisotopic (exact) mass is 408 g/mol. The summed E-state index contributed by atoms with van der Waals surface area (Å²) < 4.78 is 30.7. The largest absolute Gasteiger partial charge is 0.455 e. The van der Waals surface area contributed by atoms with Gasteiger partial charge in [0.15, 0.2) is 18.2 Å². The number of aryl methyl sites for hydroxylation is 1. The molecule has 0 aromatic heterocycles. The number of ether oxygens (including phenoxy) is 1. The highest BCUT2D eigenvalue weighted by Gasteiger charge is 2.11. The molecule has 0 aliphatic heterocycles. The van der Waals surface area contributed by atoms with Crippen LogP contribution in [0.3, 0.4) is 0 Å². The molecule has 0 saturated carbocycles. The van der Waals surface area contributed by atoms with Crippen molar-refractivity contribution in [3.05, 3.63) is 59.7 Å². The summed E-state index contributed by atoms with van der Waals surface area (Å²) in [5.41, 5.74) is 1.72. The van der Waals surface area contributed by atoms with Crippen LogP contribution in [-0.4, -0.2) is 35.9 Å². The van der Waals surface area contributed by atoms with Crippen LogP contribution in [-0.2, 0) is 19.1 Å². The average molecular weight is 408 g/mol. The molecule has 0 fully saturated rings. The van der Waals surface area contributed by atoms with Gasteiger partial charge in [0, 0.05) is 17.4 Å². The lowest BCUT2D eigenvalue weighted by Crippen LogP contribution is -2.22. The topological polar surface area (TPSA) is 84.5 Å². The lowest BCUT2D eigenvalue weighted by Gasteiger charge is -2.07. The van der Waals surface area contributed by atoms with Gasteiger partial charge in [0.05, 0.1) is 11.5 Å². The van der Waals surface area contributed by atoms with Gasteiger partial charge in [0.2, 0.25) is 5.91 Å². The molecule has 0 atom stereocenters. The Bertz CT molecular complexity index is 877. The van der Waals surface area contributed by atoms with E-state index in [2.05, 4.69) is 10.6 Å². The molecular formula is C19H18F2N2O4S. The Kier molecular flexibility index (Phi) is 7.94. The molecule has 2 amide bonds. The predicted molar refractivity (Wildman–Crippen MR) is 103 cm³/mol. The van der Waals surface area contributed by atoms with Crippen molar-refractivity contribution in [1.29, 1.82) is 0 Å². The van der Waals surface area contributed by atoms with E-state index in [0.717, 1.165) is 29.5 Å². The van der Waals surface area contributed by atoms with E-state index in [9.17, 15) is 23.2 Å². The van der Waals surface area contributed by atoms with Gasteiger partial charge in [-0.15, -0.1) is 11.8 Å². The van der Waals surface area contributed by atoms with Crippen molar-refractivity contribution in [2.75, 3.05) is 28.7 Å². The van der Waals surface area contributed by atoms with Crippen molar-refractivity contribution >= 4 is 40.9 Å². The number of rotatable bonds is 8. The average Bonchev–Trinajstić information content (AvgIpc) is 2.63. The summed E-state index contributed by atoms with van der Waals surface area (Å²) in [5.74, 6) is -3.83. The first-order valence-corrected chi connectivity index (χ1v) is 9.34. The molecule has 0 spiro atoms. The van der Waals surface area contributed by atoms with Crippen molar-refractivity contribution in [1.82, 2.24) is 0 Å². The lowest BCUT2D eigenvalue weighted by molar-refractivity contribution is -0.144. The van der Waals surface area contributed by atoms with E-state index in [1.54, 1.807) is 6.07 Å². The molecule has 28 heavy (non-hydrogen) atoms. The molecule has 2 aromatic rings. The van der Waals surface area contributed by atoms with Crippen LogP contribution in [0.25, 0.3) is 0 Å². The minimum absolute atomic E-state index is 0.0437. The fourth-order valence-corrected chi connectivity index (χ4v) is 2.72. The maximum atomic E-state index is 13.1. The van der Waals surface area contributed by atoms with Gasteiger partial charge < -0.3 is 15.4 Å². The Morgan fingerprint density at radius 1 is 0.929 bits per heavy atom. The van der Waals surface area contributed by atoms with E-state index < -0.39 is 30.1 Å². The molecule has 0 bridgehead atoms. The second kappa shape index (κ2) is 10.4. The molecule has 6 nitrogen and oxygen atoms in total. The van der Waals surface area contributed by atoms with Gasteiger partial charge in [0.1, 0.15) is 0 Å². The zero-order valence-corrected chi connectivity index (χ0v) is 15.8. The van der Waals surface area contributed by atoms with Gasteiger partial charge in [-0.1, -0.05) is 12.1 Å². The number of amides is 2. The molecule has 2 aromatic carbocycles. The van der Waals surface area contributed by atoms with E-state index >= 15 is 0 Å². The highest BCUT2D eigenvalue weighted by atomic mass is 32.2. The van der Waals surface area contributed by atoms with Crippen molar-refractivity contribution in [2.45, 2.75) is 6.92 Å². The zero-order chi connectivity index (χ0) is 20.5. The highest BCUT2D eigenvalue weighted by molar-refractivity contribution is 8.00. The zero-order valence-electron chi connectivity index (χ0n) is 15.0.